The highest BCUT2D eigenvalue weighted by molar-refractivity contribution is 6.01. The smallest absolute Gasteiger partial charge is 0.247 e. The fourth-order valence-corrected chi connectivity index (χ4v) is 3.19. The number of nitrogens with zero attached hydrogens (tertiary/aromatic N) is 3. The predicted octanol–water partition coefficient (Wildman–Crippen LogP) is 4.07. The number of hydrogen-bond acceptors (Lipinski definition) is 6. The average molecular weight is 397 g/mol. The van der Waals surface area contributed by atoms with Crippen LogP contribution >= 0.6 is 0 Å². The first kappa shape index (κ1) is 19.1. The van der Waals surface area contributed by atoms with Crippen LogP contribution in [0.4, 0.5) is 11.6 Å². The molecule has 4 rings (SSSR count). The molecule has 2 aromatic carbocycles. The summed E-state index contributed by atoms with van der Waals surface area (Å²) in [4.78, 5) is 24.5. The maximum atomic E-state index is 11.7. The van der Waals surface area contributed by atoms with Gasteiger partial charge in [0.25, 0.3) is 0 Å². The highest BCUT2D eigenvalue weighted by atomic mass is 16.5. The van der Waals surface area contributed by atoms with Crippen LogP contribution in [-0.4, -0.2) is 28.0 Å². The Bertz CT molecular complexity index is 1270. The largest absolute Gasteiger partial charge is 0.495 e. The van der Waals surface area contributed by atoms with E-state index in [4.69, 9.17) is 10.5 Å². The van der Waals surface area contributed by atoms with Crippen LogP contribution in [0.1, 0.15) is 0 Å². The topological polar surface area (TPSA) is 103 Å². The molecule has 0 radical (unpaired) electrons. The van der Waals surface area contributed by atoms with Crippen LogP contribution in [0.3, 0.4) is 0 Å². The van der Waals surface area contributed by atoms with Crippen LogP contribution in [0.25, 0.3) is 33.2 Å². The number of rotatable bonds is 5. The highest BCUT2D eigenvalue weighted by Gasteiger charge is 2.12. The molecule has 0 aliphatic heterocycles. The van der Waals surface area contributed by atoms with E-state index in [0.29, 0.717) is 17.0 Å². The number of pyridine rings is 1. The molecule has 0 saturated heterocycles. The molecule has 7 nitrogen and oxygen atoms in total. The molecule has 0 aliphatic carbocycles. The Morgan fingerprint density at radius 2 is 1.97 bits per heavy atom. The van der Waals surface area contributed by atoms with Crippen LogP contribution in [0.15, 0.2) is 73.7 Å². The van der Waals surface area contributed by atoms with Crippen molar-refractivity contribution in [2.45, 2.75) is 0 Å². The average Bonchev–Trinajstić information content (AvgIpc) is 2.78. The van der Waals surface area contributed by atoms with Gasteiger partial charge in [0.2, 0.25) is 11.9 Å². The van der Waals surface area contributed by atoms with Crippen LogP contribution < -0.4 is 15.8 Å². The maximum Gasteiger partial charge on any atom is 0.247 e. The van der Waals surface area contributed by atoms with Crippen molar-refractivity contribution < 1.29 is 9.53 Å². The van der Waals surface area contributed by atoms with E-state index in [9.17, 15) is 4.79 Å². The molecule has 2 heterocycles. The number of methoxy groups -OCH3 is 1. The van der Waals surface area contributed by atoms with E-state index in [1.807, 2.05) is 42.5 Å². The zero-order valence-corrected chi connectivity index (χ0v) is 16.3. The first-order valence-corrected chi connectivity index (χ1v) is 9.17. The van der Waals surface area contributed by atoms with Crippen molar-refractivity contribution in [3.05, 3.63) is 73.7 Å². The summed E-state index contributed by atoms with van der Waals surface area (Å²) in [5, 5.41) is 3.61. The lowest BCUT2D eigenvalue weighted by atomic mass is 9.96. The van der Waals surface area contributed by atoms with Gasteiger partial charge in [-0.3, -0.25) is 9.78 Å². The minimum Gasteiger partial charge on any atom is -0.495 e. The number of fused-ring (bicyclic) bond motifs is 1. The molecule has 0 atom stereocenters. The second kappa shape index (κ2) is 8.00. The van der Waals surface area contributed by atoms with Crippen LogP contribution in [0.5, 0.6) is 5.75 Å². The number of aromatic nitrogens is 3. The van der Waals surface area contributed by atoms with Gasteiger partial charge in [-0.1, -0.05) is 18.7 Å². The molecule has 0 bridgehead atoms. The van der Waals surface area contributed by atoms with Crippen LogP contribution in [-0.2, 0) is 4.79 Å². The Morgan fingerprint density at radius 3 is 2.77 bits per heavy atom. The Hall–Kier alpha value is -4.26. The minimum absolute atomic E-state index is 0.190. The van der Waals surface area contributed by atoms with Gasteiger partial charge in [-0.15, -0.1) is 0 Å². The number of carbonyl (C=O) groups is 1. The Kier molecular flexibility index (Phi) is 5.09. The number of nitrogens with one attached hydrogen (secondary N) is 1. The molecule has 2 aromatic heterocycles. The summed E-state index contributed by atoms with van der Waals surface area (Å²) >= 11 is 0. The Labute approximate surface area is 173 Å². The van der Waals surface area contributed by atoms with E-state index >= 15 is 0 Å². The molecule has 3 N–H and O–H groups in total. The van der Waals surface area contributed by atoms with Crippen molar-refractivity contribution in [2.24, 2.45) is 0 Å². The Balaban J connectivity index is 1.91. The number of anilines is 2. The van der Waals surface area contributed by atoms with Crippen molar-refractivity contribution in [1.82, 2.24) is 15.0 Å². The number of carbonyl (C=O) groups excluding carboxylic acids is 1. The number of hydrogen-bond donors (Lipinski definition) is 2. The third-order valence-electron chi connectivity index (χ3n) is 4.61. The van der Waals surface area contributed by atoms with Gasteiger partial charge in [0, 0.05) is 34.6 Å². The number of nitrogens with two attached hydrogens (primary N) is 1. The van der Waals surface area contributed by atoms with E-state index in [-0.39, 0.29) is 11.9 Å². The van der Waals surface area contributed by atoms with Crippen molar-refractivity contribution in [3.63, 3.8) is 0 Å². The molecule has 0 spiro atoms. The van der Waals surface area contributed by atoms with Crippen LogP contribution in [0.2, 0.25) is 0 Å². The molecule has 7 heteroatoms. The number of amides is 1. The predicted molar refractivity (Wildman–Crippen MR) is 118 cm³/mol. The lowest BCUT2D eigenvalue weighted by Gasteiger charge is -2.12. The lowest BCUT2D eigenvalue weighted by Crippen LogP contribution is -2.07. The van der Waals surface area contributed by atoms with Crippen LogP contribution in [0, 0.1) is 0 Å². The van der Waals surface area contributed by atoms with Crippen molar-refractivity contribution in [3.8, 4) is 28.0 Å². The van der Waals surface area contributed by atoms with E-state index in [0.717, 1.165) is 27.6 Å². The SMILES string of the molecule is C=CC(=O)Nc1cccc(-c2cc(-c3cncc(OC)c3)cc3cnc(N)nc23)c1. The van der Waals surface area contributed by atoms with E-state index in [1.54, 1.807) is 25.7 Å². The van der Waals surface area contributed by atoms with Gasteiger partial charge >= 0.3 is 0 Å². The highest BCUT2D eigenvalue weighted by Crippen LogP contribution is 2.34. The molecule has 1 amide bonds. The third-order valence-corrected chi connectivity index (χ3v) is 4.61. The van der Waals surface area contributed by atoms with Crippen molar-refractivity contribution in [2.75, 3.05) is 18.2 Å². The zero-order chi connectivity index (χ0) is 21.1. The first-order chi connectivity index (χ1) is 14.6. The normalized spacial score (nSPS) is 10.6. The lowest BCUT2D eigenvalue weighted by molar-refractivity contribution is -0.111. The molecule has 0 aliphatic rings. The summed E-state index contributed by atoms with van der Waals surface area (Å²) in [5.74, 6) is 0.576. The van der Waals surface area contributed by atoms with Gasteiger partial charge < -0.3 is 15.8 Å². The minimum atomic E-state index is -0.278. The second-order valence-corrected chi connectivity index (χ2v) is 6.58. The quantitative estimate of drug-likeness (QED) is 0.492. The van der Waals surface area contributed by atoms with Gasteiger partial charge in [-0.2, -0.15) is 0 Å². The molecule has 4 aromatic rings. The molecular formula is C23H19N5O2. The summed E-state index contributed by atoms with van der Waals surface area (Å²) < 4.78 is 5.31. The molecule has 30 heavy (non-hydrogen) atoms. The van der Waals surface area contributed by atoms with Gasteiger partial charge in [-0.25, -0.2) is 9.97 Å². The van der Waals surface area contributed by atoms with E-state index in [2.05, 4.69) is 26.8 Å². The summed E-state index contributed by atoms with van der Waals surface area (Å²) in [6.07, 6.45) is 6.35. The van der Waals surface area contributed by atoms with E-state index < -0.39 is 0 Å². The molecular weight excluding hydrogens is 378 g/mol. The van der Waals surface area contributed by atoms with E-state index in [1.165, 1.54) is 6.08 Å². The van der Waals surface area contributed by atoms with Gasteiger partial charge in [-0.05, 0) is 47.5 Å². The second-order valence-electron chi connectivity index (χ2n) is 6.58. The summed E-state index contributed by atoms with van der Waals surface area (Å²) in [6, 6.07) is 13.4. The van der Waals surface area contributed by atoms with Gasteiger partial charge in [0.15, 0.2) is 0 Å². The number of ether oxygens (including phenoxy) is 1. The maximum absolute atomic E-state index is 11.7. The number of nitrogen functional groups attached to an aromatic ring is 1. The standard InChI is InChI=1S/C23H19N5O2/c1-3-21(29)27-18-6-4-5-14(8-18)20-10-15(16-9-19(30-2)13-25-11-16)7-17-12-26-23(24)28-22(17)20/h3-13H,1H2,2H3,(H,27,29)(H2,24,26,28). The molecule has 0 saturated carbocycles. The van der Waals surface area contributed by atoms with Gasteiger partial charge in [0.1, 0.15) is 5.75 Å². The van der Waals surface area contributed by atoms with Crippen molar-refractivity contribution in [1.29, 1.82) is 0 Å². The molecule has 0 fully saturated rings. The summed E-state index contributed by atoms with van der Waals surface area (Å²) in [6.45, 7) is 3.49. The zero-order valence-electron chi connectivity index (χ0n) is 16.3. The fourth-order valence-electron chi connectivity index (χ4n) is 3.19. The summed E-state index contributed by atoms with van der Waals surface area (Å²) in [5.41, 5.74) is 10.8. The molecule has 148 valence electrons. The first-order valence-electron chi connectivity index (χ1n) is 9.17. The Morgan fingerprint density at radius 1 is 1.10 bits per heavy atom. The molecule has 0 unspecified atom stereocenters. The van der Waals surface area contributed by atoms with Gasteiger partial charge in [0.05, 0.1) is 18.8 Å². The number of benzene rings is 2. The summed E-state index contributed by atoms with van der Waals surface area (Å²) in [7, 11) is 1.60. The third kappa shape index (κ3) is 3.81. The monoisotopic (exact) mass is 397 g/mol. The van der Waals surface area contributed by atoms with Crippen molar-refractivity contribution >= 4 is 28.4 Å². The fraction of sp³-hybridized carbons (Fsp3) is 0.0435.